The number of carbonyl (C=O) groups is 2. The summed E-state index contributed by atoms with van der Waals surface area (Å²) in [6.45, 7) is 3.79. The summed E-state index contributed by atoms with van der Waals surface area (Å²) in [5.41, 5.74) is 3.19. The van der Waals surface area contributed by atoms with Gasteiger partial charge in [0.1, 0.15) is 0 Å². The van der Waals surface area contributed by atoms with Crippen LogP contribution in [0.2, 0.25) is 0 Å². The van der Waals surface area contributed by atoms with E-state index >= 15 is 0 Å². The van der Waals surface area contributed by atoms with E-state index < -0.39 is 11.9 Å². The summed E-state index contributed by atoms with van der Waals surface area (Å²) < 4.78 is 10.8. The maximum absolute atomic E-state index is 12.2. The molecule has 0 heterocycles. The van der Waals surface area contributed by atoms with E-state index in [0.29, 0.717) is 22.6 Å². The first-order valence-electron chi connectivity index (χ1n) is 7.92. The van der Waals surface area contributed by atoms with Crippen molar-refractivity contribution in [3.63, 3.8) is 0 Å². The third-order valence-electron chi connectivity index (χ3n) is 3.35. The Bertz CT molecular complexity index is 830. The average molecular weight is 356 g/mol. The first-order valence-corrected chi connectivity index (χ1v) is 7.92. The van der Waals surface area contributed by atoms with Gasteiger partial charge in [-0.3, -0.25) is 4.79 Å². The molecular weight excluding hydrogens is 336 g/mol. The zero-order valence-electron chi connectivity index (χ0n) is 14.7. The molecule has 0 unspecified atom stereocenters. The van der Waals surface area contributed by atoms with Gasteiger partial charge in [-0.1, -0.05) is 18.2 Å². The van der Waals surface area contributed by atoms with Crippen molar-refractivity contribution in [1.82, 2.24) is 5.43 Å². The Kier molecular flexibility index (Phi) is 6.32. The summed E-state index contributed by atoms with van der Waals surface area (Å²) >= 11 is 0. The van der Waals surface area contributed by atoms with Crippen molar-refractivity contribution >= 4 is 18.1 Å². The number of nitrogens with zero attached hydrogens (tertiary/aromatic N) is 1. The molecule has 1 amide bonds. The Morgan fingerprint density at radius 3 is 2.54 bits per heavy atom. The van der Waals surface area contributed by atoms with Crippen LogP contribution >= 0.6 is 0 Å². The van der Waals surface area contributed by atoms with Gasteiger partial charge in [0.2, 0.25) is 0 Å². The van der Waals surface area contributed by atoms with Gasteiger partial charge in [0.15, 0.2) is 11.5 Å². The summed E-state index contributed by atoms with van der Waals surface area (Å²) in [6, 6.07) is 11.2. The molecule has 2 rings (SSSR count). The van der Waals surface area contributed by atoms with Crippen molar-refractivity contribution in [3.05, 3.63) is 59.2 Å². The Hall–Kier alpha value is -3.35. The molecule has 0 aliphatic heterocycles. The minimum Gasteiger partial charge on any atom is -0.493 e. The van der Waals surface area contributed by atoms with Gasteiger partial charge in [-0.15, -0.1) is 0 Å². The smallest absolute Gasteiger partial charge is 0.336 e. The molecule has 0 aliphatic carbocycles. The standard InChI is InChI=1S/C19H20N2O5/c1-12(2)26-16-9-8-13(10-17(16)25-3)18(22)21-20-11-14-6-4-5-7-15(14)19(23)24/h4-12H,1-3H3,(H,21,22)(H,23,24)/b20-11+. The highest BCUT2D eigenvalue weighted by molar-refractivity contribution is 5.99. The Balaban J connectivity index is 2.12. The Labute approximate surface area is 151 Å². The van der Waals surface area contributed by atoms with Crippen LogP contribution in [-0.4, -0.2) is 36.4 Å². The molecule has 0 aromatic heterocycles. The van der Waals surface area contributed by atoms with Gasteiger partial charge < -0.3 is 14.6 Å². The van der Waals surface area contributed by atoms with Crippen molar-refractivity contribution in [1.29, 1.82) is 0 Å². The number of ether oxygens (including phenoxy) is 2. The van der Waals surface area contributed by atoms with Crippen LogP contribution in [-0.2, 0) is 0 Å². The normalized spacial score (nSPS) is 10.8. The molecule has 7 heteroatoms. The van der Waals surface area contributed by atoms with E-state index in [-0.39, 0.29) is 11.7 Å². The molecule has 0 saturated carbocycles. The number of rotatable bonds is 7. The zero-order chi connectivity index (χ0) is 19.1. The van der Waals surface area contributed by atoms with E-state index in [1.54, 1.807) is 36.4 Å². The third-order valence-corrected chi connectivity index (χ3v) is 3.35. The second-order valence-corrected chi connectivity index (χ2v) is 5.62. The fourth-order valence-corrected chi connectivity index (χ4v) is 2.19. The lowest BCUT2D eigenvalue weighted by Gasteiger charge is -2.14. The van der Waals surface area contributed by atoms with Crippen LogP contribution in [0.4, 0.5) is 0 Å². The summed E-state index contributed by atoms with van der Waals surface area (Å²) in [5, 5.41) is 13.0. The average Bonchev–Trinajstić information content (AvgIpc) is 2.61. The van der Waals surface area contributed by atoms with Crippen LogP contribution in [0.15, 0.2) is 47.6 Å². The Morgan fingerprint density at radius 1 is 1.15 bits per heavy atom. The lowest BCUT2D eigenvalue weighted by molar-refractivity contribution is 0.0696. The SMILES string of the molecule is COc1cc(C(=O)N/N=C/c2ccccc2C(=O)O)ccc1OC(C)C. The summed E-state index contributed by atoms with van der Waals surface area (Å²) in [5.74, 6) is -0.545. The van der Waals surface area contributed by atoms with Crippen LogP contribution in [0.3, 0.4) is 0 Å². The fraction of sp³-hybridized carbons (Fsp3) is 0.211. The minimum atomic E-state index is -1.07. The monoisotopic (exact) mass is 356 g/mol. The predicted molar refractivity (Wildman–Crippen MR) is 97.2 cm³/mol. The first-order chi connectivity index (χ1) is 12.4. The van der Waals surface area contributed by atoms with E-state index in [2.05, 4.69) is 10.5 Å². The highest BCUT2D eigenvalue weighted by atomic mass is 16.5. The number of hydrogen-bond acceptors (Lipinski definition) is 5. The summed E-state index contributed by atoms with van der Waals surface area (Å²) in [4.78, 5) is 23.4. The molecule has 7 nitrogen and oxygen atoms in total. The van der Waals surface area contributed by atoms with Gasteiger partial charge in [-0.25, -0.2) is 10.2 Å². The topological polar surface area (TPSA) is 97.2 Å². The number of carboxylic acid groups (broad SMARTS) is 1. The fourth-order valence-electron chi connectivity index (χ4n) is 2.19. The summed E-state index contributed by atoms with van der Waals surface area (Å²) in [7, 11) is 1.49. The van der Waals surface area contributed by atoms with Crippen LogP contribution in [0.25, 0.3) is 0 Å². The molecule has 2 N–H and O–H groups in total. The second-order valence-electron chi connectivity index (χ2n) is 5.62. The van der Waals surface area contributed by atoms with Gasteiger partial charge in [-0.2, -0.15) is 5.10 Å². The number of benzene rings is 2. The van der Waals surface area contributed by atoms with Crippen molar-refractivity contribution < 1.29 is 24.2 Å². The second kappa shape index (κ2) is 8.66. The predicted octanol–water partition coefficient (Wildman–Crippen LogP) is 2.94. The summed E-state index contributed by atoms with van der Waals surface area (Å²) in [6.07, 6.45) is 1.26. The number of amides is 1. The molecule has 136 valence electrons. The highest BCUT2D eigenvalue weighted by Crippen LogP contribution is 2.28. The van der Waals surface area contributed by atoms with E-state index in [0.717, 1.165) is 0 Å². The Morgan fingerprint density at radius 2 is 1.88 bits per heavy atom. The van der Waals surface area contributed by atoms with Crippen molar-refractivity contribution in [2.24, 2.45) is 5.10 Å². The van der Waals surface area contributed by atoms with Crippen LogP contribution in [0.5, 0.6) is 11.5 Å². The zero-order valence-corrected chi connectivity index (χ0v) is 14.7. The molecular formula is C19H20N2O5. The lowest BCUT2D eigenvalue weighted by atomic mass is 10.1. The molecule has 0 fully saturated rings. The molecule has 0 radical (unpaired) electrons. The van der Waals surface area contributed by atoms with Crippen LogP contribution in [0.1, 0.15) is 40.1 Å². The number of hydrogen-bond donors (Lipinski definition) is 2. The third kappa shape index (κ3) is 4.83. The first kappa shape index (κ1) is 19.0. The molecule has 0 atom stereocenters. The molecule has 0 bridgehead atoms. The number of methoxy groups -OCH3 is 1. The van der Waals surface area contributed by atoms with E-state index in [4.69, 9.17) is 14.6 Å². The number of carboxylic acids is 1. The molecule has 0 aliphatic rings. The molecule has 0 spiro atoms. The molecule has 2 aromatic rings. The molecule has 26 heavy (non-hydrogen) atoms. The van der Waals surface area contributed by atoms with Gasteiger partial charge >= 0.3 is 5.97 Å². The van der Waals surface area contributed by atoms with Crippen molar-refractivity contribution in [3.8, 4) is 11.5 Å². The van der Waals surface area contributed by atoms with E-state index in [9.17, 15) is 9.59 Å². The number of hydrazone groups is 1. The molecule has 0 saturated heterocycles. The number of carbonyl (C=O) groups excluding carboxylic acids is 1. The minimum absolute atomic E-state index is 0.0255. The highest BCUT2D eigenvalue weighted by Gasteiger charge is 2.12. The van der Waals surface area contributed by atoms with Gasteiger partial charge in [-0.05, 0) is 38.1 Å². The number of nitrogens with one attached hydrogen (secondary N) is 1. The van der Waals surface area contributed by atoms with Gasteiger partial charge in [0.25, 0.3) is 5.91 Å². The number of aromatic carboxylic acids is 1. The van der Waals surface area contributed by atoms with Crippen molar-refractivity contribution in [2.45, 2.75) is 20.0 Å². The van der Waals surface area contributed by atoms with Crippen LogP contribution < -0.4 is 14.9 Å². The quantitative estimate of drug-likeness (QED) is 0.587. The maximum atomic E-state index is 12.2. The molecule has 2 aromatic carbocycles. The van der Waals surface area contributed by atoms with E-state index in [1.807, 2.05) is 13.8 Å². The largest absolute Gasteiger partial charge is 0.493 e. The maximum Gasteiger partial charge on any atom is 0.336 e. The van der Waals surface area contributed by atoms with Crippen LogP contribution in [0, 0.1) is 0 Å². The van der Waals surface area contributed by atoms with E-state index in [1.165, 1.54) is 19.4 Å². The lowest BCUT2D eigenvalue weighted by Crippen LogP contribution is -2.18. The van der Waals surface area contributed by atoms with Gasteiger partial charge in [0.05, 0.1) is 25.0 Å². The van der Waals surface area contributed by atoms with Gasteiger partial charge in [0, 0.05) is 11.1 Å². The van der Waals surface area contributed by atoms with Crippen molar-refractivity contribution in [2.75, 3.05) is 7.11 Å².